The van der Waals surface area contributed by atoms with Crippen LogP contribution in [0.5, 0.6) is 5.75 Å². The number of ether oxygens (including phenoxy) is 1. The van der Waals surface area contributed by atoms with E-state index < -0.39 is 17.9 Å². The molecule has 0 radical (unpaired) electrons. The molecule has 0 aliphatic heterocycles. The average Bonchev–Trinajstić information content (AvgIpc) is 2.55. The summed E-state index contributed by atoms with van der Waals surface area (Å²) in [5.41, 5.74) is 1.63. The number of methoxy groups -OCH3 is 1. The number of carbonyl (C=O) groups is 1. The molecule has 1 aromatic carbocycles. The zero-order valence-corrected chi connectivity index (χ0v) is 13.8. The van der Waals surface area contributed by atoms with Crippen LogP contribution in [0.1, 0.15) is 29.7 Å². The van der Waals surface area contributed by atoms with Gasteiger partial charge in [0.15, 0.2) is 0 Å². The van der Waals surface area contributed by atoms with Crippen molar-refractivity contribution in [2.24, 2.45) is 0 Å². The number of rotatable bonds is 5. The van der Waals surface area contributed by atoms with Crippen LogP contribution in [0.3, 0.4) is 0 Å². The van der Waals surface area contributed by atoms with Crippen molar-refractivity contribution in [2.45, 2.75) is 26.4 Å². The molecule has 1 heterocycles. The Morgan fingerprint density at radius 1 is 1.38 bits per heavy atom. The Bertz CT molecular complexity index is 789. The van der Waals surface area contributed by atoms with Gasteiger partial charge in [-0.15, -0.1) is 0 Å². The third-order valence-electron chi connectivity index (χ3n) is 3.57. The van der Waals surface area contributed by atoms with E-state index in [-0.39, 0.29) is 12.1 Å². The fourth-order valence-corrected chi connectivity index (χ4v) is 2.33. The van der Waals surface area contributed by atoms with E-state index in [1.54, 1.807) is 19.2 Å². The number of carbonyl (C=O) groups excluding carboxylic acids is 1. The van der Waals surface area contributed by atoms with Gasteiger partial charge in [-0.05, 0) is 43.7 Å². The summed E-state index contributed by atoms with van der Waals surface area (Å²) in [6.45, 7) is 3.66. The molecule has 128 valence electrons. The Labute approximate surface area is 139 Å². The first-order chi connectivity index (χ1) is 11.4. The zero-order chi connectivity index (χ0) is 17.7. The largest absolute Gasteiger partial charge is 0.496 e. The Kier molecular flexibility index (Phi) is 5.57. The minimum absolute atomic E-state index is 0.0931. The van der Waals surface area contributed by atoms with Gasteiger partial charge in [0, 0.05) is 23.9 Å². The summed E-state index contributed by atoms with van der Waals surface area (Å²) in [6.07, 6.45) is 1.60. The summed E-state index contributed by atoms with van der Waals surface area (Å²) < 4.78 is 18.6. The molecule has 0 saturated carbocycles. The molecule has 0 fully saturated rings. The van der Waals surface area contributed by atoms with Gasteiger partial charge in [-0.2, -0.15) is 0 Å². The number of hydrogen-bond donors (Lipinski definition) is 3. The predicted molar refractivity (Wildman–Crippen MR) is 88.5 cm³/mol. The van der Waals surface area contributed by atoms with Gasteiger partial charge in [-0.1, -0.05) is 0 Å². The van der Waals surface area contributed by atoms with E-state index in [9.17, 15) is 14.0 Å². The van der Waals surface area contributed by atoms with Crippen LogP contribution in [-0.2, 0) is 6.54 Å². The van der Waals surface area contributed by atoms with Crippen molar-refractivity contribution >= 4 is 6.03 Å². The lowest BCUT2D eigenvalue weighted by Gasteiger charge is -2.18. The molecule has 2 amide bonds. The van der Waals surface area contributed by atoms with Crippen molar-refractivity contribution in [3.05, 3.63) is 63.3 Å². The van der Waals surface area contributed by atoms with E-state index in [1.165, 1.54) is 25.3 Å². The highest BCUT2D eigenvalue weighted by Crippen LogP contribution is 2.25. The number of hydrogen-bond acceptors (Lipinski definition) is 3. The molecule has 0 bridgehead atoms. The molecule has 2 rings (SSSR count). The number of aryl methyl sites for hydroxylation is 1. The second-order valence-electron chi connectivity index (χ2n) is 5.47. The maximum Gasteiger partial charge on any atom is 0.315 e. The van der Waals surface area contributed by atoms with E-state index in [1.807, 2.05) is 6.92 Å². The zero-order valence-electron chi connectivity index (χ0n) is 13.8. The molecule has 1 atom stereocenters. The van der Waals surface area contributed by atoms with Gasteiger partial charge >= 0.3 is 6.03 Å². The lowest BCUT2D eigenvalue weighted by molar-refractivity contribution is 0.237. The molecule has 3 N–H and O–H groups in total. The fraction of sp³-hybridized carbons (Fsp3) is 0.294. The van der Waals surface area contributed by atoms with Crippen LogP contribution in [0.15, 0.2) is 35.3 Å². The van der Waals surface area contributed by atoms with Crippen LogP contribution in [0.4, 0.5) is 9.18 Å². The highest BCUT2D eigenvalue weighted by atomic mass is 19.1. The molecule has 0 spiro atoms. The summed E-state index contributed by atoms with van der Waals surface area (Å²) in [5.74, 6) is 0.0745. The molecular formula is C17H20FN3O3. The van der Waals surface area contributed by atoms with Crippen molar-refractivity contribution < 1.29 is 13.9 Å². The van der Waals surface area contributed by atoms with Crippen molar-refractivity contribution in [3.8, 4) is 5.75 Å². The average molecular weight is 333 g/mol. The minimum atomic E-state index is -0.466. The first-order valence-corrected chi connectivity index (χ1v) is 7.46. The minimum Gasteiger partial charge on any atom is -0.496 e. The Hall–Kier alpha value is -2.83. The van der Waals surface area contributed by atoms with Crippen molar-refractivity contribution in [1.82, 2.24) is 15.6 Å². The molecule has 7 heteroatoms. The first kappa shape index (κ1) is 17.5. The quantitative estimate of drug-likeness (QED) is 0.786. The Morgan fingerprint density at radius 2 is 2.12 bits per heavy atom. The fourth-order valence-electron chi connectivity index (χ4n) is 2.33. The number of benzene rings is 1. The Morgan fingerprint density at radius 3 is 2.83 bits per heavy atom. The second-order valence-corrected chi connectivity index (χ2v) is 5.47. The summed E-state index contributed by atoms with van der Waals surface area (Å²) in [4.78, 5) is 26.3. The smallest absolute Gasteiger partial charge is 0.315 e. The van der Waals surface area contributed by atoms with Crippen molar-refractivity contribution in [1.29, 1.82) is 0 Å². The molecular weight excluding hydrogens is 313 g/mol. The molecule has 0 aliphatic rings. The number of pyridine rings is 1. The van der Waals surface area contributed by atoms with E-state index in [2.05, 4.69) is 15.6 Å². The van der Waals surface area contributed by atoms with Crippen LogP contribution < -0.4 is 20.9 Å². The van der Waals surface area contributed by atoms with Crippen LogP contribution in [0.2, 0.25) is 0 Å². The monoisotopic (exact) mass is 333 g/mol. The summed E-state index contributed by atoms with van der Waals surface area (Å²) in [5, 5.41) is 5.31. The molecule has 6 nitrogen and oxygen atoms in total. The standard InChI is InChI=1S/C17H20FN3O3/c1-10-6-12(16(22)19-8-10)9-20-17(23)21-11(2)14-7-13(18)4-5-15(14)24-3/h4-8,11H,9H2,1-3H3,(H,19,22)(H2,20,21,23). The summed E-state index contributed by atoms with van der Waals surface area (Å²) >= 11 is 0. The summed E-state index contributed by atoms with van der Waals surface area (Å²) in [6, 6.07) is 4.89. The Balaban J connectivity index is 2.00. The maximum absolute atomic E-state index is 13.4. The van der Waals surface area contributed by atoms with E-state index >= 15 is 0 Å². The number of urea groups is 1. The van der Waals surface area contributed by atoms with Gasteiger partial charge < -0.3 is 20.4 Å². The lowest BCUT2D eigenvalue weighted by atomic mass is 10.1. The lowest BCUT2D eigenvalue weighted by Crippen LogP contribution is -2.37. The number of aromatic nitrogens is 1. The van der Waals surface area contributed by atoms with Gasteiger partial charge in [-0.25, -0.2) is 9.18 Å². The van der Waals surface area contributed by atoms with Crippen LogP contribution in [0, 0.1) is 12.7 Å². The number of nitrogens with one attached hydrogen (secondary N) is 3. The SMILES string of the molecule is COc1ccc(F)cc1C(C)NC(=O)NCc1cc(C)c[nH]c1=O. The first-order valence-electron chi connectivity index (χ1n) is 7.46. The van der Waals surface area contributed by atoms with Crippen molar-refractivity contribution in [3.63, 3.8) is 0 Å². The molecule has 0 saturated heterocycles. The highest BCUT2D eigenvalue weighted by Gasteiger charge is 2.15. The third-order valence-corrected chi connectivity index (χ3v) is 3.57. The number of amides is 2. The van der Waals surface area contributed by atoms with Gasteiger partial charge in [0.1, 0.15) is 11.6 Å². The van der Waals surface area contributed by atoms with Crippen LogP contribution >= 0.6 is 0 Å². The topological polar surface area (TPSA) is 83.2 Å². The van der Waals surface area contributed by atoms with E-state index in [4.69, 9.17) is 4.74 Å². The number of aromatic amines is 1. The molecule has 2 aromatic rings. The van der Waals surface area contributed by atoms with Gasteiger partial charge in [0.25, 0.3) is 5.56 Å². The summed E-state index contributed by atoms with van der Waals surface area (Å²) in [7, 11) is 1.48. The molecule has 24 heavy (non-hydrogen) atoms. The number of halogens is 1. The van der Waals surface area contributed by atoms with Gasteiger partial charge in [0.05, 0.1) is 13.2 Å². The third kappa shape index (κ3) is 4.34. The highest BCUT2D eigenvalue weighted by molar-refractivity contribution is 5.74. The molecule has 0 aliphatic carbocycles. The van der Waals surface area contributed by atoms with Gasteiger partial charge in [0.2, 0.25) is 0 Å². The van der Waals surface area contributed by atoms with E-state index in [0.29, 0.717) is 16.9 Å². The second kappa shape index (κ2) is 7.63. The van der Waals surface area contributed by atoms with Gasteiger partial charge in [-0.3, -0.25) is 4.79 Å². The van der Waals surface area contributed by atoms with Crippen LogP contribution in [0.25, 0.3) is 0 Å². The van der Waals surface area contributed by atoms with E-state index in [0.717, 1.165) is 5.56 Å². The maximum atomic E-state index is 13.4. The van der Waals surface area contributed by atoms with Crippen molar-refractivity contribution in [2.75, 3.05) is 7.11 Å². The number of H-pyrrole nitrogens is 1. The molecule has 1 unspecified atom stereocenters. The van der Waals surface area contributed by atoms with Crippen LogP contribution in [-0.4, -0.2) is 18.1 Å². The predicted octanol–water partition coefficient (Wildman–Crippen LogP) is 2.39. The normalized spacial score (nSPS) is 11.7. The molecule has 1 aromatic heterocycles.